The highest BCUT2D eigenvalue weighted by atomic mass is 79.9. The second kappa shape index (κ2) is 6.74. The molecule has 0 saturated carbocycles. The summed E-state index contributed by atoms with van der Waals surface area (Å²) in [7, 11) is -6.73. The van der Waals surface area contributed by atoms with Gasteiger partial charge in [-0.3, -0.25) is 0 Å². The van der Waals surface area contributed by atoms with Crippen LogP contribution in [-0.2, 0) is 25.8 Å². The summed E-state index contributed by atoms with van der Waals surface area (Å²) < 4.78 is 50.6. The fourth-order valence-corrected chi connectivity index (χ4v) is 5.41. The van der Waals surface area contributed by atoms with Crippen molar-refractivity contribution >= 4 is 36.0 Å². The number of benzene rings is 1. The molecule has 9 heteroatoms. The van der Waals surface area contributed by atoms with Gasteiger partial charge in [-0.1, -0.05) is 46.3 Å². The minimum Gasteiger partial charge on any atom is -0.212 e. The largest absolute Gasteiger partial charge is 0.224 e. The molecule has 1 aliphatic heterocycles. The van der Waals surface area contributed by atoms with E-state index in [9.17, 15) is 16.8 Å². The van der Waals surface area contributed by atoms with Crippen molar-refractivity contribution in [2.45, 2.75) is 5.75 Å². The van der Waals surface area contributed by atoms with Crippen LogP contribution in [0.5, 0.6) is 0 Å². The zero-order valence-corrected chi connectivity index (χ0v) is 14.6. The van der Waals surface area contributed by atoms with Gasteiger partial charge in [0.25, 0.3) is 0 Å². The van der Waals surface area contributed by atoms with Crippen LogP contribution in [0.25, 0.3) is 0 Å². The van der Waals surface area contributed by atoms with Gasteiger partial charge in [0.15, 0.2) is 0 Å². The number of nitrogens with zero attached hydrogens (tertiary/aromatic N) is 2. The summed E-state index contributed by atoms with van der Waals surface area (Å²) in [5.74, 6) is -0.0565. The van der Waals surface area contributed by atoms with Gasteiger partial charge in [0.05, 0.1) is 5.75 Å². The molecule has 1 aromatic rings. The average molecular weight is 397 g/mol. The third-order valence-electron chi connectivity index (χ3n) is 3.31. The molecule has 0 aliphatic carbocycles. The second-order valence-electron chi connectivity index (χ2n) is 4.76. The van der Waals surface area contributed by atoms with E-state index in [4.69, 9.17) is 0 Å². The number of sulfonamides is 2. The van der Waals surface area contributed by atoms with Gasteiger partial charge in [-0.15, -0.1) is 0 Å². The summed E-state index contributed by atoms with van der Waals surface area (Å²) in [6, 6.07) is 8.96. The molecule has 1 heterocycles. The zero-order chi connectivity index (χ0) is 15.5. The molecular formula is C12H17BrN2O4S2. The van der Waals surface area contributed by atoms with E-state index < -0.39 is 20.0 Å². The van der Waals surface area contributed by atoms with Crippen LogP contribution in [-0.4, -0.2) is 56.3 Å². The van der Waals surface area contributed by atoms with Gasteiger partial charge in [0.1, 0.15) is 4.66 Å². The number of rotatable bonds is 5. The Hall–Kier alpha value is -0.480. The van der Waals surface area contributed by atoms with Gasteiger partial charge >= 0.3 is 0 Å². The number of hydrogen-bond acceptors (Lipinski definition) is 4. The molecule has 0 spiro atoms. The summed E-state index contributed by atoms with van der Waals surface area (Å²) in [6.07, 6.45) is 0. The Morgan fingerprint density at radius 1 is 0.857 bits per heavy atom. The third-order valence-corrected chi connectivity index (χ3v) is 8.33. The van der Waals surface area contributed by atoms with E-state index in [0.717, 1.165) is 5.56 Å². The average Bonchev–Trinajstić information content (AvgIpc) is 2.48. The van der Waals surface area contributed by atoms with Gasteiger partial charge in [0, 0.05) is 26.2 Å². The van der Waals surface area contributed by atoms with Crippen molar-refractivity contribution in [2.75, 3.05) is 30.8 Å². The molecule has 6 nitrogen and oxygen atoms in total. The first-order valence-corrected chi connectivity index (χ1v) is 10.7. The Bertz CT molecular complexity index is 668. The SMILES string of the molecule is O=S(=O)(CBr)N1CCN(S(=O)(=O)Cc2ccccc2)CC1. The molecule has 0 bridgehead atoms. The Balaban J connectivity index is 2.01. The lowest BCUT2D eigenvalue weighted by molar-refractivity contribution is 0.273. The lowest BCUT2D eigenvalue weighted by atomic mass is 10.2. The molecule has 21 heavy (non-hydrogen) atoms. The van der Waals surface area contributed by atoms with Gasteiger partial charge in [-0.25, -0.2) is 16.8 Å². The standard InChI is InChI=1S/C12H17BrN2O4S2/c13-11-21(18,19)15-8-6-14(7-9-15)20(16,17)10-12-4-2-1-3-5-12/h1-5H,6-11H2. The maximum Gasteiger partial charge on any atom is 0.224 e. The van der Waals surface area contributed by atoms with E-state index in [1.54, 1.807) is 24.3 Å². The van der Waals surface area contributed by atoms with Crippen LogP contribution in [0.15, 0.2) is 30.3 Å². The highest BCUT2D eigenvalue weighted by molar-refractivity contribution is 9.10. The lowest BCUT2D eigenvalue weighted by Crippen LogP contribution is -2.50. The van der Waals surface area contributed by atoms with E-state index in [1.165, 1.54) is 8.61 Å². The predicted octanol–water partition coefficient (Wildman–Crippen LogP) is 0.816. The van der Waals surface area contributed by atoms with Crippen molar-refractivity contribution in [2.24, 2.45) is 0 Å². The zero-order valence-electron chi connectivity index (χ0n) is 11.4. The van der Waals surface area contributed by atoms with E-state index in [2.05, 4.69) is 15.9 Å². The summed E-state index contributed by atoms with van der Waals surface area (Å²) in [5, 5.41) is 0. The molecule has 1 aliphatic rings. The molecule has 0 amide bonds. The van der Waals surface area contributed by atoms with Gasteiger partial charge < -0.3 is 0 Å². The van der Waals surface area contributed by atoms with Crippen LogP contribution < -0.4 is 0 Å². The van der Waals surface area contributed by atoms with Crippen LogP contribution in [0, 0.1) is 0 Å². The highest BCUT2D eigenvalue weighted by Crippen LogP contribution is 2.16. The maximum atomic E-state index is 12.3. The molecule has 0 aromatic heterocycles. The number of piperazine rings is 1. The summed E-state index contributed by atoms with van der Waals surface area (Å²) >= 11 is 2.94. The maximum absolute atomic E-state index is 12.3. The molecule has 1 aromatic carbocycles. The van der Waals surface area contributed by atoms with Crippen LogP contribution in [0.4, 0.5) is 0 Å². The summed E-state index contributed by atoms with van der Waals surface area (Å²) in [4.78, 5) is 0. The van der Waals surface area contributed by atoms with Gasteiger partial charge in [0.2, 0.25) is 20.0 Å². The quantitative estimate of drug-likeness (QED) is 0.690. The molecule has 118 valence electrons. The third kappa shape index (κ3) is 4.26. The molecule has 0 radical (unpaired) electrons. The van der Waals surface area contributed by atoms with E-state index in [0.29, 0.717) is 0 Å². The molecule has 0 atom stereocenters. The molecule has 0 N–H and O–H groups in total. The number of alkyl halides is 1. The first-order chi connectivity index (χ1) is 9.85. The fraction of sp³-hybridized carbons (Fsp3) is 0.500. The lowest BCUT2D eigenvalue weighted by Gasteiger charge is -2.32. The van der Waals surface area contributed by atoms with Crippen molar-refractivity contribution in [1.82, 2.24) is 8.61 Å². The van der Waals surface area contributed by atoms with E-state index in [-0.39, 0.29) is 36.6 Å². The van der Waals surface area contributed by atoms with Crippen molar-refractivity contribution in [3.05, 3.63) is 35.9 Å². The topological polar surface area (TPSA) is 74.8 Å². The van der Waals surface area contributed by atoms with Crippen LogP contribution in [0.3, 0.4) is 0 Å². The first kappa shape index (κ1) is 16.9. The van der Waals surface area contributed by atoms with Crippen LogP contribution in [0.2, 0.25) is 0 Å². The van der Waals surface area contributed by atoms with Gasteiger partial charge in [-0.2, -0.15) is 8.61 Å². The molecule has 0 unspecified atom stereocenters. The van der Waals surface area contributed by atoms with Crippen molar-refractivity contribution in [3.63, 3.8) is 0 Å². The van der Waals surface area contributed by atoms with Crippen LogP contribution in [0.1, 0.15) is 5.56 Å². The summed E-state index contributed by atoms with van der Waals surface area (Å²) in [5.41, 5.74) is 0.730. The number of halogens is 1. The number of hydrogen-bond donors (Lipinski definition) is 0. The van der Waals surface area contributed by atoms with Crippen molar-refractivity contribution in [3.8, 4) is 0 Å². The predicted molar refractivity (Wildman–Crippen MR) is 84.9 cm³/mol. The summed E-state index contributed by atoms with van der Waals surface area (Å²) in [6.45, 7) is 0.784. The Morgan fingerprint density at radius 2 is 1.33 bits per heavy atom. The molecular weight excluding hydrogens is 380 g/mol. The minimum absolute atomic E-state index is 0.0565. The van der Waals surface area contributed by atoms with E-state index in [1.807, 2.05) is 6.07 Å². The Kier molecular flexibility index (Phi) is 5.42. The second-order valence-corrected chi connectivity index (χ2v) is 10.0. The fourth-order valence-electron chi connectivity index (χ4n) is 2.17. The van der Waals surface area contributed by atoms with Crippen LogP contribution >= 0.6 is 15.9 Å². The Labute approximate surface area is 134 Å². The van der Waals surface area contributed by atoms with Crippen molar-refractivity contribution in [1.29, 1.82) is 0 Å². The Morgan fingerprint density at radius 3 is 1.81 bits per heavy atom. The molecule has 2 rings (SSSR count). The van der Waals surface area contributed by atoms with Gasteiger partial charge in [-0.05, 0) is 5.56 Å². The van der Waals surface area contributed by atoms with Crippen molar-refractivity contribution < 1.29 is 16.8 Å². The molecule has 1 fully saturated rings. The first-order valence-electron chi connectivity index (χ1n) is 6.41. The normalized spacial score (nSPS) is 18.7. The highest BCUT2D eigenvalue weighted by Gasteiger charge is 2.31. The monoisotopic (exact) mass is 396 g/mol. The molecule has 1 saturated heterocycles. The smallest absolute Gasteiger partial charge is 0.212 e. The van der Waals surface area contributed by atoms with E-state index >= 15 is 0 Å². The minimum atomic E-state index is -3.41.